The normalized spacial score (nSPS) is 23.6. The number of allylic oxidation sites excluding steroid dienone is 2. The van der Waals surface area contributed by atoms with Gasteiger partial charge in [0.1, 0.15) is 60.4 Å². The van der Waals surface area contributed by atoms with Crippen LogP contribution in [0.15, 0.2) is 12.2 Å². The zero-order chi connectivity index (χ0) is 82.8. The Labute approximate surface area is 654 Å². The van der Waals surface area contributed by atoms with E-state index in [-0.39, 0.29) is 55.8 Å². The highest BCUT2D eigenvalue weighted by molar-refractivity contribution is 5.99. The second-order valence-corrected chi connectivity index (χ2v) is 33.5. The third kappa shape index (κ3) is 36.3. The Morgan fingerprint density at radius 3 is 1.17 bits per heavy atom. The number of carbonyl (C=O) groups excluding carboxylic acids is 11. The quantitative estimate of drug-likeness (QED) is 0.0254. The van der Waals surface area contributed by atoms with Crippen molar-refractivity contribution in [2.75, 3.05) is 62.5 Å². The summed E-state index contributed by atoms with van der Waals surface area (Å²) in [6.45, 7) is 32.0. The largest absolute Gasteiger partial charge is 0.396 e. The van der Waals surface area contributed by atoms with Crippen LogP contribution in [0, 0.1) is 41.4 Å². The average molecular weight is 1530 g/mol. The molecule has 0 bridgehead atoms. The molecule has 0 radical (unpaired) electrons. The van der Waals surface area contributed by atoms with Gasteiger partial charge in [-0.2, -0.15) is 0 Å². The van der Waals surface area contributed by atoms with Crippen LogP contribution in [-0.4, -0.2) is 238 Å². The summed E-state index contributed by atoms with van der Waals surface area (Å²) in [6, 6.07) is -12.3. The lowest BCUT2D eigenvalue weighted by Gasteiger charge is -2.41. The Morgan fingerprint density at radius 1 is 0.398 bits per heavy atom. The van der Waals surface area contributed by atoms with E-state index in [0.29, 0.717) is 13.0 Å². The number of hydrogen-bond donors (Lipinski definition) is 6. The maximum Gasteiger partial charge on any atom is 0.246 e. The summed E-state index contributed by atoms with van der Waals surface area (Å²) in [7, 11) is 9.92. The molecule has 1 saturated heterocycles. The molecule has 24 heteroatoms. The molecule has 12 atom stereocenters. The molecule has 1 rings (SSSR count). The summed E-state index contributed by atoms with van der Waals surface area (Å²) in [6.07, 6.45) is 31.2. The van der Waals surface area contributed by atoms with E-state index in [9.17, 15) is 48.3 Å². The topological polar surface area (TPSA) is 299 Å². The predicted octanol–water partition coefficient (Wildman–Crippen LogP) is 11.1. The molecular weight excluding hydrogens is 1370 g/mol. The summed E-state index contributed by atoms with van der Waals surface area (Å²) in [4.78, 5) is 169. The first-order valence-corrected chi connectivity index (χ1v) is 41.6. The highest BCUT2D eigenvalue weighted by Crippen LogP contribution is 2.27. The van der Waals surface area contributed by atoms with E-state index >= 15 is 9.59 Å². The molecule has 626 valence electrons. The Morgan fingerprint density at radius 2 is 0.769 bits per heavy atom. The molecule has 0 aromatic rings. The molecule has 1 aliphatic rings. The van der Waals surface area contributed by atoms with Crippen LogP contribution in [-0.2, 0) is 52.7 Å². The number of unbranched alkanes of at least 4 members (excludes halogenated alkanes) is 19. The molecule has 0 aromatic heterocycles. The number of amides is 11. The number of carbonyl (C=O) groups is 11. The van der Waals surface area contributed by atoms with E-state index < -0.39 is 156 Å². The molecule has 0 saturated carbocycles. The number of hydrogen-bond acceptors (Lipinski definition) is 13. The van der Waals surface area contributed by atoms with Gasteiger partial charge >= 0.3 is 0 Å². The summed E-state index contributed by atoms with van der Waals surface area (Å²) < 4.78 is 0. The van der Waals surface area contributed by atoms with E-state index in [1.165, 1.54) is 210 Å². The molecular formula is C84H157N11O13. The molecule has 0 spiro atoms. The van der Waals surface area contributed by atoms with Crippen molar-refractivity contribution < 1.29 is 63.0 Å². The third-order valence-corrected chi connectivity index (χ3v) is 21.1. The van der Waals surface area contributed by atoms with Gasteiger partial charge in [-0.05, 0) is 107 Å². The van der Waals surface area contributed by atoms with Gasteiger partial charge in [-0.3, -0.25) is 52.7 Å². The van der Waals surface area contributed by atoms with Gasteiger partial charge < -0.3 is 65.8 Å². The molecule has 108 heavy (non-hydrogen) atoms. The van der Waals surface area contributed by atoms with Gasteiger partial charge in [0.25, 0.3) is 0 Å². The van der Waals surface area contributed by atoms with E-state index in [1.807, 2.05) is 61.5 Å². The van der Waals surface area contributed by atoms with Crippen molar-refractivity contribution in [2.45, 2.75) is 358 Å². The zero-order valence-corrected chi connectivity index (χ0v) is 72.4. The average Bonchev–Trinajstić information content (AvgIpc) is 0.801. The Kier molecular flexibility index (Phi) is 51.4. The van der Waals surface area contributed by atoms with E-state index in [1.54, 1.807) is 54.5 Å². The minimum absolute atomic E-state index is 0.0229. The summed E-state index contributed by atoms with van der Waals surface area (Å²) in [5.74, 6) is -9.71. The van der Waals surface area contributed by atoms with Gasteiger partial charge in [-0.15, -0.1) is 0 Å². The van der Waals surface area contributed by atoms with Crippen LogP contribution in [0.3, 0.4) is 0 Å². The summed E-state index contributed by atoms with van der Waals surface area (Å²) >= 11 is 0. The van der Waals surface area contributed by atoms with Crippen molar-refractivity contribution in [3.8, 4) is 0 Å². The van der Waals surface area contributed by atoms with Gasteiger partial charge in [0.15, 0.2) is 0 Å². The molecule has 0 unspecified atom stereocenters. The van der Waals surface area contributed by atoms with Crippen LogP contribution >= 0.6 is 0 Å². The van der Waals surface area contributed by atoms with Crippen LogP contribution in [0.4, 0.5) is 0 Å². The fraction of sp³-hybridized carbons (Fsp3) is 0.845. The highest BCUT2D eigenvalue weighted by Gasteiger charge is 2.46. The number of likely N-dealkylation sites (N-methyl/N-ethyl adjacent to an activating group) is 7. The van der Waals surface area contributed by atoms with Gasteiger partial charge in [0.05, 0.1) is 12.6 Å². The van der Waals surface area contributed by atoms with Crippen molar-refractivity contribution in [2.24, 2.45) is 41.4 Å². The third-order valence-electron chi connectivity index (χ3n) is 21.1. The summed E-state index contributed by atoms with van der Waals surface area (Å²) in [5.41, 5.74) is 0. The molecule has 11 amide bonds. The number of rotatable bonds is 35. The Hall–Kier alpha value is -6.17. The molecule has 1 fully saturated rings. The number of aliphatic hydroxyl groups excluding tert-OH is 2. The van der Waals surface area contributed by atoms with Crippen LogP contribution in [0.1, 0.15) is 292 Å². The first kappa shape index (κ1) is 102. The monoisotopic (exact) mass is 1530 g/mol. The maximum absolute atomic E-state index is 15.1. The SMILES string of the molecule is C/C=C/C[C@@H](C)[C@@H](O)[C@H]1C(=O)N[C@@H](CC)C(=O)N(C)CC(=O)N(C)[C@@H](CC(C)C)C(=O)N[C@@H](C(C)C)C(=O)N(C)[C@@H](CC(C)C)C(=O)N[C@@H](C)C(=O)N[C@H](C)C(=O)N(C)[C@@H](CC(C)C)C(=O)N(C)[C@@H](CC(C)C)C(=O)N(C)[C@@H](C(C)C)C(=O)N1C.CCCCCCCCCCCCCCCCCCCCCCO. The molecule has 1 heterocycles. The molecule has 24 nitrogen and oxygen atoms in total. The fourth-order valence-electron chi connectivity index (χ4n) is 14.0. The van der Waals surface area contributed by atoms with E-state index in [4.69, 9.17) is 5.11 Å². The smallest absolute Gasteiger partial charge is 0.246 e. The van der Waals surface area contributed by atoms with Crippen LogP contribution in [0.25, 0.3) is 0 Å². The van der Waals surface area contributed by atoms with Crippen LogP contribution < -0.4 is 21.3 Å². The molecule has 0 aliphatic carbocycles. The van der Waals surface area contributed by atoms with Crippen molar-refractivity contribution in [3.63, 3.8) is 0 Å². The van der Waals surface area contributed by atoms with Gasteiger partial charge in [0.2, 0.25) is 65.0 Å². The number of aliphatic hydroxyl groups is 2. The fourth-order valence-corrected chi connectivity index (χ4v) is 14.0. The Balaban J connectivity index is 0.00000423. The molecule has 1 aliphatic heterocycles. The van der Waals surface area contributed by atoms with Gasteiger partial charge in [-0.1, -0.05) is 238 Å². The van der Waals surface area contributed by atoms with Gasteiger partial charge in [-0.25, -0.2) is 0 Å². The minimum atomic E-state index is -1.61. The molecule has 6 N–H and O–H groups in total. The van der Waals surface area contributed by atoms with Crippen molar-refractivity contribution in [3.05, 3.63) is 12.2 Å². The lowest BCUT2D eigenvalue weighted by atomic mass is 9.91. The standard InChI is InChI=1S/C62H111N11O12.C22H46O/c1-25-27-28-40(15)52(75)51-56(79)65-43(26-2)58(81)67(18)33-48(74)68(19)44(29-34(3)4)55(78)66-49(38(11)12)61(84)69(20)45(30-35(5)6)54(77)63-41(16)53(76)64-42(17)57(80)70(21)46(31-36(7)8)59(82)71(22)47(32-37(9)10)60(83)72(23)50(39(13)14)62(85)73(51)24;1-2-3-4-5-6-7-8-9-10-11-12-13-14-15-16-17-18-19-20-21-22-23/h25,27,34-47,49-52,75H,26,28-33H2,1-24H3,(H,63,77)(H,64,76)(H,65,79)(H,66,78);23H,2-22H2,1H3/b27-25+;/t40-,41+,42-,43+,44+,45+,46+,47+,49+,50+,51+,52-;/m1./s1. The van der Waals surface area contributed by atoms with Gasteiger partial charge in [0, 0.05) is 55.9 Å². The maximum atomic E-state index is 15.1. The lowest BCUT2D eigenvalue weighted by Crippen LogP contribution is -2.63. The van der Waals surface area contributed by atoms with Crippen molar-refractivity contribution >= 4 is 65.0 Å². The second-order valence-electron chi connectivity index (χ2n) is 33.5. The predicted molar refractivity (Wildman–Crippen MR) is 434 cm³/mol. The highest BCUT2D eigenvalue weighted by atomic mass is 16.3. The Bertz CT molecular complexity index is 2690. The summed E-state index contributed by atoms with van der Waals surface area (Å²) in [5, 5.41) is 31.8. The van der Waals surface area contributed by atoms with Crippen molar-refractivity contribution in [1.82, 2.24) is 55.6 Å². The van der Waals surface area contributed by atoms with Crippen molar-refractivity contribution in [1.29, 1.82) is 0 Å². The van der Waals surface area contributed by atoms with E-state index in [2.05, 4.69) is 28.2 Å². The second kappa shape index (κ2) is 54.5. The number of nitrogens with zero attached hydrogens (tertiary/aromatic N) is 7. The first-order valence-electron chi connectivity index (χ1n) is 41.6. The first-order chi connectivity index (χ1) is 50.6. The minimum Gasteiger partial charge on any atom is -0.396 e. The van der Waals surface area contributed by atoms with Crippen LogP contribution in [0.5, 0.6) is 0 Å². The van der Waals surface area contributed by atoms with E-state index in [0.717, 1.165) is 16.2 Å². The number of nitrogens with one attached hydrogen (secondary N) is 4. The molecule has 0 aromatic carbocycles. The zero-order valence-electron chi connectivity index (χ0n) is 72.4. The van der Waals surface area contributed by atoms with Crippen LogP contribution in [0.2, 0.25) is 0 Å². The lowest BCUT2D eigenvalue weighted by molar-refractivity contribution is -0.157.